The molecule has 1 aliphatic rings. The first-order valence-electron chi connectivity index (χ1n) is 4.67. The Labute approximate surface area is 80.1 Å². The molecule has 1 heterocycles. The van der Waals surface area contributed by atoms with Gasteiger partial charge in [0.1, 0.15) is 0 Å². The third kappa shape index (κ3) is 3.25. The molecule has 4 nitrogen and oxygen atoms in total. The highest BCUT2D eigenvalue weighted by Crippen LogP contribution is 2.20. The van der Waals surface area contributed by atoms with E-state index in [1.54, 1.807) is 0 Å². The minimum absolute atomic E-state index is 0.244. The van der Waals surface area contributed by atoms with Gasteiger partial charge in [-0.25, -0.2) is 13.1 Å². The van der Waals surface area contributed by atoms with Crippen molar-refractivity contribution in [2.45, 2.75) is 31.7 Å². The molecule has 0 bridgehead atoms. The average Bonchev–Trinajstić information content (AvgIpc) is 2.03. The topological polar surface area (TPSA) is 58.2 Å². The zero-order chi connectivity index (χ0) is 9.95. The van der Waals surface area contributed by atoms with E-state index in [9.17, 15) is 8.42 Å². The maximum Gasteiger partial charge on any atom is 0.209 e. The van der Waals surface area contributed by atoms with Crippen LogP contribution in [0, 0.1) is 0 Å². The molecule has 1 rings (SSSR count). The van der Waals surface area contributed by atoms with Crippen molar-refractivity contribution in [2.75, 3.05) is 19.3 Å². The van der Waals surface area contributed by atoms with Gasteiger partial charge >= 0.3 is 0 Å². The van der Waals surface area contributed by atoms with Crippen molar-refractivity contribution in [1.82, 2.24) is 10.0 Å². The highest BCUT2D eigenvalue weighted by molar-refractivity contribution is 7.88. The van der Waals surface area contributed by atoms with E-state index in [-0.39, 0.29) is 5.54 Å². The first-order chi connectivity index (χ1) is 5.97. The third-order valence-corrected chi connectivity index (χ3v) is 3.35. The van der Waals surface area contributed by atoms with Crippen molar-refractivity contribution in [1.29, 1.82) is 0 Å². The zero-order valence-corrected chi connectivity index (χ0v) is 9.08. The zero-order valence-electron chi connectivity index (χ0n) is 8.26. The molecule has 13 heavy (non-hydrogen) atoms. The molecular formula is C8H18N2O2S. The standard InChI is InChI=1S/C8H18N2O2S/c1-3-8(10-13(2,11)12)5-4-6-9-7-8/h9-10H,3-7H2,1-2H3. The van der Waals surface area contributed by atoms with Crippen LogP contribution in [-0.4, -0.2) is 33.3 Å². The van der Waals surface area contributed by atoms with Gasteiger partial charge in [0.05, 0.1) is 6.26 Å². The van der Waals surface area contributed by atoms with Gasteiger partial charge in [0.15, 0.2) is 0 Å². The van der Waals surface area contributed by atoms with Gasteiger partial charge in [-0.1, -0.05) is 6.92 Å². The summed E-state index contributed by atoms with van der Waals surface area (Å²) in [6.07, 6.45) is 4.03. The molecule has 1 unspecified atom stereocenters. The molecule has 0 spiro atoms. The van der Waals surface area contributed by atoms with Crippen molar-refractivity contribution < 1.29 is 8.42 Å². The molecule has 0 aromatic heterocycles. The molecule has 2 N–H and O–H groups in total. The highest BCUT2D eigenvalue weighted by atomic mass is 32.2. The number of nitrogens with one attached hydrogen (secondary N) is 2. The molecule has 0 radical (unpaired) electrons. The van der Waals surface area contributed by atoms with Crippen molar-refractivity contribution in [2.24, 2.45) is 0 Å². The summed E-state index contributed by atoms with van der Waals surface area (Å²) in [5.74, 6) is 0. The van der Waals surface area contributed by atoms with Crippen molar-refractivity contribution >= 4 is 10.0 Å². The van der Waals surface area contributed by atoms with Crippen LogP contribution >= 0.6 is 0 Å². The lowest BCUT2D eigenvalue weighted by Crippen LogP contribution is -2.56. The van der Waals surface area contributed by atoms with Crippen LogP contribution in [0.3, 0.4) is 0 Å². The van der Waals surface area contributed by atoms with Gasteiger partial charge in [0, 0.05) is 12.1 Å². The predicted octanol–water partition coefficient (Wildman–Crippen LogP) is 0.0678. The second kappa shape index (κ2) is 3.94. The van der Waals surface area contributed by atoms with E-state index in [4.69, 9.17) is 0 Å². The van der Waals surface area contributed by atoms with Gasteiger partial charge in [-0.2, -0.15) is 0 Å². The summed E-state index contributed by atoms with van der Waals surface area (Å²) in [7, 11) is -3.08. The maximum absolute atomic E-state index is 11.1. The molecule has 0 saturated carbocycles. The molecule has 1 saturated heterocycles. The van der Waals surface area contributed by atoms with E-state index in [2.05, 4.69) is 10.0 Å². The van der Waals surface area contributed by atoms with E-state index in [1.165, 1.54) is 6.26 Å². The van der Waals surface area contributed by atoms with Crippen LogP contribution in [0.2, 0.25) is 0 Å². The lowest BCUT2D eigenvalue weighted by atomic mass is 9.89. The highest BCUT2D eigenvalue weighted by Gasteiger charge is 2.32. The molecule has 0 aromatic rings. The summed E-state index contributed by atoms with van der Waals surface area (Å²) in [5, 5.41) is 3.22. The quantitative estimate of drug-likeness (QED) is 0.687. The third-order valence-electron chi connectivity index (χ3n) is 2.55. The van der Waals surface area contributed by atoms with Crippen LogP contribution in [0.5, 0.6) is 0 Å². The predicted molar refractivity (Wildman–Crippen MR) is 53.1 cm³/mol. The normalized spacial score (nSPS) is 30.3. The Balaban J connectivity index is 2.68. The van der Waals surface area contributed by atoms with Crippen LogP contribution in [0.1, 0.15) is 26.2 Å². The Morgan fingerprint density at radius 2 is 2.23 bits per heavy atom. The summed E-state index contributed by atoms with van der Waals surface area (Å²) < 4.78 is 25.0. The first-order valence-corrected chi connectivity index (χ1v) is 6.56. The van der Waals surface area contributed by atoms with E-state index in [1.807, 2.05) is 6.92 Å². The molecule has 0 aromatic carbocycles. The monoisotopic (exact) mass is 206 g/mol. The van der Waals surface area contributed by atoms with Gasteiger partial charge in [-0.05, 0) is 25.8 Å². The van der Waals surface area contributed by atoms with Gasteiger partial charge in [0.2, 0.25) is 10.0 Å². The van der Waals surface area contributed by atoms with Crippen LogP contribution in [0.15, 0.2) is 0 Å². The van der Waals surface area contributed by atoms with E-state index < -0.39 is 10.0 Å². The van der Waals surface area contributed by atoms with Gasteiger partial charge in [-0.15, -0.1) is 0 Å². The summed E-state index contributed by atoms with van der Waals surface area (Å²) in [5.41, 5.74) is -0.244. The molecule has 1 aliphatic heterocycles. The Morgan fingerprint density at radius 3 is 2.62 bits per heavy atom. The van der Waals surface area contributed by atoms with Gasteiger partial charge < -0.3 is 5.32 Å². The number of hydrogen-bond acceptors (Lipinski definition) is 3. The van der Waals surface area contributed by atoms with Crippen LogP contribution < -0.4 is 10.0 Å². The van der Waals surface area contributed by atoms with Gasteiger partial charge in [-0.3, -0.25) is 0 Å². The fourth-order valence-corrected chi connectivity index (χ4v) is 2.93. The molecular weight excluding hydrogens is 188 g/mol. The van der Waals surface area contributed by atoms with E-state index in [0.717, 1.165) is 32.4 Å². The fraction of sp³-hybridized carbons (Fsp3) is 1.00. The van der Waals surface area contributed by atoms with Crippen LogP contribution in [0.25, 0.3) is 0 Å². The minimum Gasteiger partial charge on any atom is -0.315 e. The lowest BCUT2D eigenvalue weighted by molar-refractivity contribution is 0.279. The summed E-state index contributed by atoms with van der Waals surface area (Å²) in [4.78, 5) is 0. The molecule has 78 valence electrons. The molecule has 1 atom stereocenters. The molecule has 5 heteroatoms. The molecule has 1 fully saturated rings. The summed E-state index contributed by atoms with van der Waals surface area (Å²) in [6.45, 7) is 3.76. The van der Waals surface area contributed by atoms with Crippen LogP contribution in [0.4, 0.5) is 0 Å². The Hall–Kier alpha value is -0.130. The molecule has 0 amide bonds. The number of piperidine rings is 1. The minimum atomic E-state index is -3.08. The van der Waals surface area contributed by atoms with E-state index in [0.29, 0.717) is 0 Å². The Morgan fingerprint density at radius 1 is 1.54 bits per heavy atom. The SMILES string of the molecule is CCC1(NS(C)(=O)=O)CCCNC1. The Bertz CT molecular complexity index is 255. The lowest BCUT2D eigenvalue weighted by Gasteiger charge is -2.36. The second-order valence-electron chi connectivity index (χ2n) is 3.79. The summed E-state index contributed by atoms with van der Waals surface area (Å²) in [6, 6.07) is 0. The van der Waals surface area contributed by atoms with Crippen molar-refractivity contribution in [3.05, 3.63) is 0 Å². The van der Waals surface area contributed by atoms with Gasteiger partial charge in [0.25, 0.3) is 0 Å². The van der Waals surface area contributed by atoms with Crippen molar-refractivity contribution in [3.63, 3.8) is 0 Å². The number of sulfonamides is 1. The number of hydrogen-bond donors (Lipinski definition) is 2. The largest absolute Gasteiger partial charge is 0.315 e. The van der Waals surface area contributed by atoms with Crippen molar-refractivity contribution in [3.8, 4) is 0 Å². The smallest absolute Gasteiger partial charge is 0.209 e. The fourth-order valence-electron chi connectivity index (χ4n) is 1.82. The maximum atomic E-state index is 11.1. The van der Waals surface area contributed by atoms with E-state index >= 15 is 0 Å². The first kappa shape index (κ1) is 10.9. The Kier molecular flexibility index (Phi) is 3.32. The van der Waals surface area contributed by atoms with Crippen LogP contribution in [-0.2, 0) is 10.0 Å². The molecule has 0 aliphatic carbocycles. The average molecular weight is 206 g/mol. The number of rotatable bonds is 3. The second-order valence-corrected chi connectivity index (χ2v) is 5.54. The summed E-state index contributed by atoms with van der Waals surface area (Å²) >= 11 is 0.